The van der Waals surface area contributed by atoms with E-state index in [1.54, 1.807) is 6.33 Å². The van der Waals surface area contributed by atoms with Crippen LogP contribution in [0.5, 0.6) is 0 Å². The Morgan fingerprint density at radius 2 is 2.19 bits per heavy atom. The summed E-state index contributed by atoms with van der Waals surface area (Å²) in [5, 5.41) is 4.13. The monoisotopic (exact) mass is 222 g/mol. The average molecular weight is 222 g/mol. The number of hydrogen-bond donors (Lipinski definition) is 0. The maximum absolute atomic E-state index is 5.98. The van der Waals surface area contributed by atoms with Crippen LogP contribution in [0.4, 0.5) is 5.95 Å². The number of rotatable bonds is 2. The molecule has 0 aromatic carbocycles. The average Bonchev–Trinajstić information content (AvgIpc) is 3.01. The summed E-state index contributed by atoms with van der Waals surface area (Å²) in [6, 6.07) is 0. The molecule has 2 atom stereocenters. The first-order valence-corrected chi connectivity index (χ1v) is 5.98. The summed E-state index contributed by atoms with van der Waals surface area (Å²) in [5.74, 6) is 1.74. The van der Waals surface area contributed by atoms with Crippen molar-refractivity contribution < 1.29 is 4.74 Å². The predicted octanol–water partition coefficient (Wildman–Crippen LogP) is 0.819. The zero-order valence-corrected chi connectivity index (χ0v) is 9.83. The number of hydrogen-bond acceptors (Lipinski definition) is 4. The first-order valence-electron chi connectivity index (χ1n) is 5.98. The van der Waals surface area contributed by atoms with E-state index in [2.05, 4.69) is 21.9 Å². The lowest BCUT2D eigenvalue weighted by Crippen LogP contribution is -2.48. The van der Waals surface area contributed by atoms with Crippen LogP contribution < -0.4 is 4.90 Å². The summed E-state index contributed by atoms with van der Waals surface area (Å²) in [4.78, 5) is 6.61. The van der Waals surface area contributed by atoms with Gasteiger partial charge in [-0.3, -0.25) is 0 Å². The highest BCUT2D eigenvalue weighted by Crippen LogP contribution is 2.37. The van der Waals surface area contributed by atoms with Gasteiger partial charge in [-0.1, -0.05) is 0 Å². The molecule has 2 aliphatic rings. The highest BCUT2D eigenvalue weighted by atomic mass is 16.5. The third kappa shape index (κ3) is 1.80. The highest BCUT2D eigenvalue weighted by Gasteiger charge is 2.38. The first-order chi connectivity index (χ1) is 7.74. The molecule has 0 amide bonds. The van der Waals surface area contributed by atoms with Crippen molar-refractivity contribution >= 4 is 5.95 Å². The molecule has 0 radical (unpaired) electrons. The molecule has 3 rings (SSSR count). The van der Waals surface area contributed by atoms with E-state index in [9.17, 15) is 0 Å². The summed E-state index contributed by atoms with van der Waals surface area (Å²) in [7, 11) is 1.94. The predicted molar refractivity (Wildman–Crippen MR) is 60.3 cm³/mol. The molecule has 1 aromatic rings. The molecule has 88 valence electrons. The molecular formula is C11H18N4O. The second-order valence-corrected chi connectivity index (χ2v) is 4.91. The number of nitrogens with zero attached hydrogens (tertiary/aromatic N) is 4. The molecule has 2 heterocycles. The normalized spacial score (nSPS) is 30.8. The Morgan fingerprint density at radius 3 is 2.81 bits per heavy atom. The van der Waals surface area contributed by atoms with Crippen molar-refractivity contribution in [2.45, 2.75) is 32.0 Å². The van der Waals surface area contributed by atoms with Crippen molar-refractivity contribution in [1.82, 2.24) is 14.8 Å². The zero-order chi connectivity index (χ0) is 11.1. The van der Waals surface area contributed by atoms with Gasteiger partial charge in [-0.2, -0.15) is 10.1 Å². The zero-order valence-electron chi connectivity index (χ0n) is 9.83. The minimum Gasteiger partial charge on any atom is -0.371 e. The quantitative estimate of drug-likeness (QED) is 0.743. The third-order valence-electron chi connectivity index (χ3n) is 3.40. The van der Waals surface area contributed by atoms with E-state index >= 15 is 0 Å². The van der Waals surface area contributed by atoms with Gasteiger partial charge in [0.15, 0.2) is 0 Å². The van der Waals surface area contributed by atoms with E-state index in [1.165, 1.54) is 12.8 Å². The summed E-state index contributed by atoms with van der Waals surface area (Å²) in [5.41, 5.74) is 0. The van der Waals surface area contributed by atoms with Crippen molar-refractivity contribution in [3.05, 3.63) is 6.33 Å². The molecule has 5 heteroatoms. The molecule has 1 saturated heterocycles. The van der Waals surface area contributed by atoms with Crippen LogP contribution in [-0.2, 0) is 11.8 Å². The van der Waals surface area contributed by atoms with Crippen LogP contribution >= 0.6 is 0 Å². The Kier molecular flexibility index (Phi) is 2.35. The number of aromatic nitrogens is 3. The van der Waals surface area contributed by atoms with Gasteiger partial charge in [0.1, 0.15) is 6.33 Å². The van der Waals surface area contributed by atoms with Crippen LogP contribution in [0.1, 0.15) is 19.8 Å². The molecule has 5 nitrogen and oxygen atoms in total. The van der Waals surface area contributed by atoms with E-state index in [1.807, 2.05) is 11.7 Å². The molecular weight excluding hydrogens is 204 g/mol. The van der Waals surface area contributed by atoms with Crippen molar-refractivity contribution in [1.29, 1.82) is 0 Å². The minimum absolute atomic E-state index is 0.288. The number of aryl methyl sites for hydroxylation is 1. The fourth-order valence-electron chi connectivity index (χ4n) is 2.45. The Labute approximate surface area is 95.4 Å². The Bertz CT molecular complexity index is 374. The summed E-state index contributed by atoms with van der Waals surface area (Å²) in [6.07, 6.45) is 4.94. The van der Waals surface area contributed by atoms with Crippen LogP contribution in [0.3, 0.4) is 0 Å². The Balaban J connectivity index is 1.77. The number of morpholine rings is 1. The van der Waals surface area contributed by atoms with Crippen LogP contribution in [-0.4, -0.2) is 40.1 Å². The largest absolute Gasteiger partial charge is 0.371 e. The SMILES string of the molecule is C[C@H]1CN(c2ncnn2C)C[C@@H](C2CC2)O1. The standard InChI is InChI=1S/C11H18N4O/c1-8-5-15(11-12-7-13-14(11)2)6-10(16-8)9-3-4-9/h7-10H,3-6H2,1-2H3/t8-,10-/m0/s1. The molecule has 2 fully saturated rings. The maximum atomic E-state index is 5.98. The minimum atomic E-state index is 0.288. The van der Waals surface area contributed by atoms with E-state index in [0.717, 1.165) is 25.0 Å². The first kappa shape index (κ1) is 10.1. The molecule has 0 bridgehead atoms. The molecule has 1 aliphatic heterocycles. The van der Waals surface area contributed by atoms with Gasteiger partial charge in [0.25, 0.3) is 0 Å². The fraction of sp³-hybridized carbons (Fsp3) is 0.818. The molecule has 1 aliphatic carbocycles. The summed E-state index contributed by atoms with van der Waals surface area (Å²) in [6.45, 7) is 4.01. The Morgan fingerprint density at radius 1 is 1.38 bits per heavy atom. The van der Waals surface area contributed by atoms with Crippen molar-refractivity contribution in [2.24, 2.45) is 13.0 Å². The second-order valence-electron chi connectivity index (χ2n) is 4.91. The van der Waals surface area contributed by atoms with Crippen LogP contribution in [0, 0.1) is 5.92 Å². The lowest BCUT2D eigenvalue weighted by atomic mass is 10.1. The van der Waals surface area contributed by atoms with E-state index in [0.29, 0.717) is 6.10 Å². The fourth-order valence-corrected chi connectivity index (χ4v) is 2.45. The van der Waals surface area contributed by atoms with Gasteiger partial charge >= 0.3 is 0 Å². The number of ether oxygens (including phenoxy) is 1. The van der Waals surface area contributed by atoms with Crippen LogP contribution in [0.2, 0.25) is 0 Å². The van der Waals surface area contributed by atoms with Crippen LogP contribution in [0.25, 0.3) is 0 Å². The summed E-state index contributed by atoms with van der Waals surface area (Å²) < 4.78 is 7.81. The van der Waals surface area contributed by atoms with Crippen molar-refractivity contribution in [3.8, 4) is 0 Å². The maximum Gasteiger partial charge on any atom is 0.223 e. The van der Waals surface area contributed by atoms with Gasteiger partial charge in [0.2, 0.25) is 5.95 Å². The second kappa shape index (κ2) is 3.73. The summed E-state index contributed by atoms with van der Waals surface area (Å²) >= 11 is 0. The van der Waals surface area contributed by atoms with Gasteiger partial charge in [-0.25, -0.2) is 4.68 Å². The third-order valence-corrected chi connectivity index (χ3v) is 3.40. The molecule has 1 aromatic heterocycles. The van der Waals surface area contributed by atoms with Gasteiger partial charge in [0.05, 0.1) is 12.2 Å². The lowest BCUT2D eigenvalue weighted by Gasteiger charge is -2.37. The highest BCUT2D eigenvalue weighted by molar-refractivity contribution is 5.30. The molecule has 16 heavy (non-hydrogen) atoms. The van der Waals surface area contributed by atoms with E-state index < -0.39 is 0 Å². The molecule has 0 spiro atoms. The van der Waals surface area contributed by atoms with Gasteiger partial charge in [-0.15, -0.1) is 0 Å². The smallest absolute Gasteiger partial charge is 0.223 e. The van der Waals surface area contributed by atoms with Crippen LogP contribution in [0.15, 0.2) is 6.33 Å². The van der Waals surface area contributed by atoms with E-state index in [-0.39, 0.29) is 6.10 Å². The molecule has 0 N–H and O–H groups in total. The molecule has 0 unspecified atom stereocenters. The van der Waals surface area contributed by atoms with Gasteiger partial charge < -0.3 is 9.64 Å². The molecule has 1 saturated carbocycles. The topological polar surface area (TPSA) is 43.2 Å². The van der Waals surface area contributed by atoms with Crippen molar-refractivity contribution in [2.75, 3.05) is 18.0 Å². The van der Waals surface area contributed by atoms with Gasteiger partial charge in [-0.05, 0) is 25.7 Å². The van der Waals surface area contributed by atoms with Gasteiger partial charge in [0, 0.05) is 20.1 Å². The van der Waals surface area contributed by atoms with E-state index in [4.69, 9.17) is 4.74 Å². The Hall–Kier alpha value is -1.10. The van der Waals surface area contributed by atoms with Crippen molar-refractivity contribution in [3.63, 3.8) is 0 Å². The lowest BCUT2D eigenvalue weighted by molar-refractivity contribution is -0.0277. The number of anilines is 1.